The summed E-state index contributed by atoms with van der Waals surface area (Å²) in [5, 5.41) is 6.34. The van der Waals surface area contributed by atoms with E-state index in [-0.39, 0.29) is 12.5 Å². The summed E-state index contributed by atoms with van der Waals surface area (Å²) in [6, 6.07) is 8.17. The zero-order valence-corrected chi connectivity index (χ0v) is 16.2. The van der Waals surface area contributed by atoms with Crippen molar-refractivity contribution in [2.24, 2.45) is 10.9 Å². The number of methoxy groups -OCH3 is 1. The Bertz CT molecular complexity index is 660. The maximum absolute atomic E-state index is 11.7. The van der Waals surface area contributed by atoms with Crippen molar-refractivity contribution in [3.8, 4) is 5.75 Å². The molecule has 1 aromatic carbocycles. The normalized spacial score (nSPS) is 19.9. The number of ether oxygens (including phenoxy) is 2. The number of guanidine groups is 1. The first kappa shape index (κ1) is 19.5. The summed E-state index contributed by atoms with van der Waals surface area (Å²) in [7, 11) is 3.56. The van der Waals surface area contributed by atoms with Gasteiger partial charge in [0.25, 0.3) is 5.91 Å². The quantitative estimate of drug-likeness (QED) is 0.531. The van der Waals surface area contributed by atoms with Crippen LogP contribution in [-0.4, -0.2) is 63.3 Å². The highest BCUT2D eigenvalue weighted by atomic mass is 16.5. The van der Waals surface area contributed by atoms with Crippen molar-refractivity contribution in [1.82, 2.24) is 15.5 Å². The Morgan fingerprint density at radius 2 is 2.19 bits per heavy atom. The van der Waals surface area contributed by atoms with Crippen LogP contribution >= 0.6 is 0 Å². The second kappa shape index (κ2) is 9.60. The van der Waals surface area contributed by atoms with Crippen LogP contribution in [0.2, 0.25) is 0 Å². The van der Waals surface area contributed by atoms with Gasteiger partial charge in [0.2, 0.25) is 0 Å². The lowest BCUT2D eigenvalue weighted by atomic mass is 10.1. The minimum absolute atomic E-state index is 0.0546. The molecule has 1 saturated carbocycles. The largest absolute Gasteiger partial charge is 0.484 e. The van der Waals surface area contributed by atoms with E-state index in [2.05, 4.69) is 20.5 Å². The van der Waals surface area contributed by atoms with Crippen molar-refractivity contribution >= 4 is 11.9 Å². The first-order valence-electron chi connectivity index (χ1n) is 9.63. The number of carbonyl (C=O) groups is 1. The molecule has 1 saturated heterocycles. The zero-order valence-electron chi connectivity index (χ0n) is 16.2. The van der Waals surface area contributed by atoms with E-state index >= 15 is 0 Å². The van der Waals surface area contributed by atoms with E-state index in [4.69, 9.17) is 9.47 Å². The van der Waals surface area contributed by atoms with E-state index in [9.17, 15) is 4.79 Å². The molecule has 0 aromatic heterocycles. The average molecular weight is 374 g/mol. The van der Waals surface area contributed by atoms with Crippen molar-refractivity contribution < 1.29 is 14.3 Å². The molecule has 3 rings (SSSR count). The van der Waals surface area contributed by atoms with E-state index in [1.807, 2.05) is 31.3 Å². The molecule has 2 N–H and O–H groups in total. The molecule has 1 heterocycles. The fraction of sp³-hybridized carbons (Fsp3) is 0.600. The van der Waals surface area contributed by atoms with Crippen LogP contribution in [0.3, 0.4) is 0 Å². The standard InChI is InChI=1S/C20H30N4O3/c1-21-20(24-9-8-16(12-24)13-26-2)22-11-15-4-3-5-18(10-15)27-14-19(25)23-17-6-7-17/h3-5,10,16-17H,6-9,11-14H2,1-2H3,(H,21,22)(H,23,25). The third-order valence-corrected chi connectivity index (χ3v) is 4.86. The Balaban J connectivity index is 1.46. The number of nitrogens with zero attached hydrogens (tertiary/aromatic N) is 2. The predicted octanol–water partition coefficient (Wildman–Crippen LogP) is 1.39. The lowest BCUT2D eigenvalue weighted by Crippen LogP contribution is -2.39. The Hall–Kier alpha value is -2.28. The van der Waals surface area contributed by atoms with Gasteiger partial charge in [-0.05, 0) is 37.0 Å². The molecule has 1 atom stereocenters. The van der Waals surface area contributed by atoms with Crippen LogP contribution in [0.25, 0.3) is 0 Å². The summed E-state index contributed by atoms with van der Waals surface area (Å²) in [6.45, 7) is 3.47. The monoisotopic (exact) mass is 374 g/mol. The first-order chi connectivity index (χ1) is 13.2. The molecule has 1 unspecified atom stereocenters. The predicted molar refractivity (Wildman–Crippen MR) is 105 cm³/mol. The molecule has 7 heteroatoms. The number of benzene rings is 1. The van der Waals surface area contributed by atoms with Gasteiger partial charge in [0.05, 0.1) is 6.61 Å². The molecule has 2 fully saturated rings. The molecular weight excluding hydrogens is 344 g/mol. The summed E-state index contributed by atoms with van der Waals surface area (Å²) in [4.78, 5) is 18.4. The van der Waals surface area contributed by atoms with Crippen LogP contribution in [0.5, 0.6) is 5.75 Å². The van der Waals surface area contributed by atoms with Crippen LogP contribution in [0.4, 0.5) is 0 Å². The highest BCUT2D eigenvalue weighted by Crippen LogP contribution is 2.19. The van der Waals surface area contributed by atoms with Crippen LogP contribution in [-0.2, 0) is 16.1 Å². The lowest BCUT2D eigenvalue weighted by Gasteiger charge is -2.21. The molecule has 7 nitrogen and oxygen atoms in total. The SMILES string of the molecule is CN=C(NCc1cccc(OCC(=O)NC2CC2)c1)N1CCC(COC)C1. The summed E-state index contributed by atoms with van der Waals surface area (Å²) >= 11 is 0. The second-order valence-electron chi connectivity index (χ2n) is 7.23. The molecule has 27 heavy (non-hydrogen) atoms. The molecule has 0 radical (unpaired) electrons. The first-order valence-corrected chi connectivity index (χ1v) is 9.63. The van der Waals surface area contributed by atoms with Crippen LogP contribution in [0.15, 0.2) is 29.3 Å². The molecule has 2 aliphatic rings. The van der Waals surface area contributed by atoms with E-state index in [1.165, 1.54) is 0 Å². The van der Waals surface area contributed by atoms with Gasteiger partial charge in [-0.15, -0.1) is 0 Å². The Morgan fingerprint density at radius 3 is 2.93 bits per heavy atom. The van der Waals surface area contributed by atoms with Gasteiger partial charge in [-0.3, -0.25) is 9.79 Å². The molecule has 0 bridgehead atoms. The summed E-state index contributed by atoms with van der Waals surface area (Å²) in [6.07, 6.45) is 3.29. The summed E-state index contributed by atoms with van der Waals surface area (Å²) < 4.78 is 10.9. The minimum atomic E-state index is -0.0546. The van der Waals surface area contributed by atoms with Crippen molar-refractivity contribution in [2.45, 2.75) is 31.8 Å². The van der Waals surface area contributed by atoms with Crippen molar-refractivity contribution in [3.05, 3.63) is 29.8 Å². The number of nitrogens with one attached hydrogen (secondary N) is 2. The van der Waals surface area contributed by atoms with Gasteiger partial charge in [0, 0.05) is 45.8 Å². The highest BCUT2D eigenvalue weighted by Gasteiger charge is 2.25. The molecule has 0 spiro atoms. The van der Waals surface area contributed by atoms with E-state index in [1.54, 1.807) is 7.11 Å². The van der Waals surface area contributed by atoms with Gasteiger partial charge in [0.1, 0.15) is 5.75 Å². The van der Waals surface area contributed by atoms with Gasteiger partial charge < -0.3 is 25.0 Å². The second-order valence-corrected chi connectivity index (χ2v) is 7.23. The zero-order chi connectivity index (χ0) is 19.1. The van der Waals surface area contributed by atoms with Gasteiger partial charge in [-0.2, -0.15) is 0 Å². The van der Waals surface area contributed by atoms with Crippen LogP contribution in [0.1, 0.15) is 24.8 Å². The Kier molecular flexibility index (Phi) is 6.92. The van der Waals surface area contributed by atoms with Crippen molar-refractivity contribution in [2.75, 3.05) is 40.5 Å². The average Bonchev–Trinajstić information content (AvgIpc) is 3.37. The third-order valence-electron chi connectivity index (χ3n) is 4.86. The Morgan fingerprint density at radius 1 is 1.33 bits per heavy atom. The third kappa shape index (κ3) is 6.13. The molecule has 1 aliphatic heterocycles. The molecule has 1 aliphatic carbocycles. The van der Waals surface area contributed by atoms with Crippen molar-refractivity contribution in [1.29, 1.82) is 0 Å². The highest BCUT2D eigenvalue weighted by molar-refractivity contribution is 5.80. The van der Waals surface area contributed by atoms with E-state index in [0.29, 0.717) is 24.3 Å². The molecule has 1 aromatic rings. The van der Waals surface area contributed by atoms with Crippen molar-refractivity contribution in [3.63, 3.8) is 0 Å². The maximum atomic E-state index is 11.7. The Labute approximate surface area is 161 Å². The number of hydrogen-bond acceptors (Lipinski definition) is 4. The van der Waals surface area contributed by atoms with Gasteiger partial charge >= 0.3 is 0 Å². The van der Waals surface area contributed by atoms with Crippen LogP contribution in [0, 0.1) is 5.92 Å². The summed E-state index contributed by atoms with van der Waals surface area (Å²) in [5.74, 6) is 2.12. The number of amides is 1. The topological polar surface area (TPSA) is 75.2 Å². The fourth-order valence-corrected chi connectivity index (χ4v) is 3.30. The smallest absolute Gasteiger partial charge is 0.258 e. The molecule has 1 amide bonds. The maximum Gasteiger partial charge on any atom is 0.258 e. The lowest BCUT2D eigenvalue weighted by molar-refractivity contribution is -0.123. The van der Waals surface area contributed by atoms with Gasteiger partial charge in [-0.25, -0.2) is 0 Å². The number of rotatable bonds is 8. The van der Waals surface area contributed by atoms with Crippen LogP contribution < -0.4 is 15.4 Å². The molecule has 148 valence electrons. The number of aliphatic imine (C=N–C) groups is 1. The van der Waals surface area contributed by atoms with E-state index < -0.39 is 0 Å². The minimum Gasteiger partial charge on any atom is -0.484 e. The number of likely N-dealkylation sites (tertiary alicyclic amines) is 1. The molecular formula is C20H30N4O3. The number of hydrogen-bond donors (Lipinski definition) is 2. The fourth-order valence-electron chi connectivity index (χ4n) is 3.30. The van der Waals surface area contributed by atoms with Gasteiger partial charge in [0.15, 0.2) is 12.6 Å². The summed E-state index contributed by atoms with van der Waals surface area (Å²) in [5.41, 5.74) is 1.09. The number of carbonyl (C=O) groups excluding carboxylic acids is 1. The van der Waals surface area contributed by atoms with E-state index in [0.717, 1.165) is 50.5 Å². The van der Waals surface area contributed by atoms with Gasteiger partial charge in [-0.1, -0.05) is 12.1 Å².